The number of carbonyl (C=O) groups excluding carboxylic acids is 1. The van der Waals surface area contributed by atoms with Crippen molar-refractivity contribution >= 4 is 29.7 Å². The molecule has 1 aliphatic heterocycles. The number of halogens is 1. The van der Waals surface area contributed by atoms with Crippen molar-refractivity contribution in [2.75, 3.05) is 6.54 Å². The van der Waals surface area contributed by atoms with E-state index < -0.39 is 0 Å². The Balaban J connectivity index is 0.00000176. The lowest BCUT2D eigenvalue weighted by atomic mass is 9.93. The molecule has 1 aromatic carbocycles. The summed E-state index contributed by atoms with van der Waals surface area (Å²) in [5.74, 6) is -0.0456. The van der Waals surface area contributed by atoms with Crippen LogP contribution in [0.3, 0.4) is 0 Å². The van der Waals surface area contributed by atoms with Gasteiger partial charge in [-0.05, 0) is 29.0 Å². The monoisotopic (exact) mass is 336 g/mol. The summed E-state index contributed by atoms with van der Waals surface area (Å²) in [5, 5.41) is 2.11. The minimum absolute atomic E-state index is 0. The molecule has 118 valence electrons. The average Bonchev–Trinajstić information content (AvgIpc) is 3.01. The molecule has 2 heterocycles. The molecular weight excluding hydrogens is 316 g/mol. The van der Waals surface area contributed by atoms with Crippen molar-refractivity contribution in [1.29, 1.82) is 0 Å². The second-order valence-corrected chi connectivity index (χ2v) is 6.60. The fourth-order valence-corrected chi connectivity index (χ4v) is 3.73. The number of benzene rings is 1. The van der Waals surface area contributed by atoms with E-state index in [2.05, 4.69) is 11.4 Å². The predicted octanol–water partition coefficient (Wildman–Crippen LogP) is 3.39. The lowest BCUT2D eigenvalue weighted by molar-refractivity contribution is -0.136. The third-order valence-electron chi connectivity index (χ3n) is 4.23. The van der Waals surface area contributed by atoms with Crippen molar-refractivity contribution in [3.8, 4) is 0 Å². The summed E-state index contributed by atoms with van der Waals surface area (Å²) in [6.07, 6.45) is 0.964. The highest BCUT2D eigenvalue weighted by Gasteiger charge is 2.29. The van der Waals surface area contributed by atoms with Gasteiger partial charge in [0.1, 0.15) is 0 Å². The fraction of sp³-hybridized carbons (Fsp3) is 0.353. The number of nitrogens with zero attached hydrogens (tertiary/aromatic N) is 1. The first kappa shape index (κ1) is 17.0. The normalized spacial score (nSPS) is 16.4. The van der Waals surface area contributed by atoms with Crippen molar-refractivity contribution in [1.82, 2.24) is 4.90 Å². The molecule has 1 aliphatic rings. The van der Waals surface area contributed by atoms with E-state index in [0.29, 0.717) is 0 Å². The zero-order chi connectivity index (χ0) is 14.8. The second kappa shape index (κ2) is 7.27. The second-order valence-electron chi connectivity index (χ2n) is 5.60. The predicted molar refractivity (Wildman–Crippen MR) is 93.2 cm³/mol. The lowest BCUT2D eigenvalue weighted by Crippen LogP contribution is -2.41. The molecule has 3 nitrogen and oxygen atoms in total. The Kier molecular flexibility index (Phi) is 5.62. The molecule has 5 heteroatoms. The van der Waals surface area contributed by atoms with Crippen LogP contribution < -0.4 is 5.73 Å². The summed E-state index contributed by atoms with van der Waals surface area (Å²) < 4.78 is 0. The average molecular weight is 337 g/mol. The summed E-state index contributed by atoms with van der Waals surface area (Å²) in [5.41, 5.74) is 8.59. The van der Waals surface area contributed by atoms with Gasteiger partial charge in [-0.2, -0.15) is 0 Å². The van der Waals surface area contributed by atoms with Crippen LogP contribution in [0.1, 0.15) is 29.0 Å². The molecule has 2 N–H and O–H groups in total. The maximum atomic E-state index is 12.7. The Labute approximate surface area is 141 Å². The van der Waals surface area contributed by atoms with Gasteiger partial charge >= 0.3 is 0 Å². The third-order valence-corrected chi connectivity index (χ3v) is 5.26. The molecule has 0 saturated carbocycles. The zero-order valence-corrected chi connectivity index (χ0v) is 14.2. The largest absolute Gasteiger partial charge is 0.338 e. The van der Waals surface area contributed by atoms with E-state index in [1.165, 1.54) is 10.4 Å². The summed E-state index contributed by atoms with van der Waals surface area (Å²) >= 11 is 1.79. The maximum Gasteiger partial charge on any atom is 0.227 e. The van der Waals surface area contributed by atoms with E-state index in [-0.39, 0.29) is 30.3 Å². The van der Waals surface area contributed by atoms with Gasteiger partial charge in [-0.15, -0.1) is 23.7 Å². The van der Waals surface area contributed by atoms with Gasteiger partial charge in [0, 0.05) is 24.0 Å². The number of thiophene rings is 1. The van der Waals surface area contributed by atoms with E-state index in [4.69, 9.17) is 5.73 Å². The van der Waals surface area contributed by atoms with E-state index in [9.17, 15) is 4.79 Å². The van der Waals surface area contributed by atoms with E-state index >= 15 is 0 Å². The number of hydrogen-bond acceptors (Lipinski definition) is 3. The third kappa shape index (κ3) is 3.35. The quantitative estimate of drug-likeness (QED) is 0.933. The van der Waals surface area contributed by atoms with Gasteiger partial charge in [0.15, 0.2) is 0 Å². The molecule has 0 saturated heterocycles. The van der Waals surface area contributed by atoms with Crippen LogP contribution in [-0.2, 0) is 17.8 Å². The Morgan fingerprint density at radius 2 is 2.00 bits per heavy atom. The first-order chi connectivity index (χ1) is 10.2. The molecule has 0 bridgehead atoms. The SMILES string of the molecule is CC(C(=O)N1CCc2sccc2C1)C(N)c1ccccc1.Cl. The van der Waals surface area contributed by atoms with Crippen molar-refractivity contribution in [2.24, 2.45) is 11.7 Å². The Morgan fingerprint density at radius 3 is 2.73 bits per heavy atom. The van der Waals surface area contributed by atoms with Gasteiger partial charge in [-0.25, -0.2) is 0 Å². The van der Waals surface area contributed by atoms with Gasteiger partial charge in [0.2, 0.25) is 5.91 Å². The standard InChI is InChI=1S/C17H20N2OS.ClH/c1-12(16(18)13-5-3-2-4-6-13)17(20)19-9-7-15-14(11-19)8-10-21-15;/h2-6,8,10,12,16H,7,9,11,18H2,1H3;1H. The van der Waals surface area contributed by atoms with Crippen molar-refractivity contribution in [3.05, 3.63) is 57.8 Å². The highest BCUT2D eigenvalue weighted by Crippen LogP contribution is 2.27. The van der Waals surface area contributed by atoms with Crippen LogP contribution in [0, 0.1) is 5.92 Å². The summed E-state index contributed by atoms with van der Waals surface area (Å²) in [7, 11) is 0. The molecule has 2 aromatic rings. The fourth-order valence-electron chi connectivity index (χ4n) is 2.84. The highest BCUT2D eigenvalue weighted by atomic mass is 35.5. The molecule has 0 spiro atoms. The van der Waals surface area contributed by atoms with Crippen molar-refractivity contribution < 1.29 is 4.79 Å². The molecule has 0 radical (unpaired) electrons. The van der Waals surface area contributed by atoms with Crippen LogP contribution in [0.5, 0.6) is 0 Å². The summed E-state index contributed by atoms with van der Waals surface area (Å²) in [6.45, 7) is 3.46. The number of fused-ring (bicyclic) bond motifs is 1. The highest BCUT2D eigenvalue weighted by molar-refractivity contribution is 7.10. The smallest absolute Gasteiger partial charge is 0.227 e. The van der Waals surface area contributed by atoms with Gasteiger partial charge in [0.25, 0.3) is 0 Å². The van der Waals surface area contributed by atoms with Crippen LogP contribution in [0.2, 0.25) is 0 Å². The molecular formula is C17H21ClN2OS. The molecule has 22 heavy (non-hydrogen) atoms. The van der Waals surface area contributed by atoms with E-state index in [1.807, 2.05) is 42.2 Å². The number of amides is 1. The van der Waals surface area contributed by atoms with Gasteiger partial charge in [-0.1, -0.05) is 37.3 Å². The lowest BCUT2D eigenvalue weighted by Gasteiger charge is -2.31. The molecule has 2 atom stereocenters. The van der Waals surface area contributed by atoms with Crippen LogP contribution in [0.15, 0.2) is 41.8 Å². The van der Waals surface area contributed by atoms with Gasteiger partial charge < -0.3 is 10.6 Å². The van der Waals surface area contributed by atoms with Gasteiger partial charge in [0.05, 0.1) is 5.92 Å². The van der Waals surface area contributed by atoms with Gasteiger partial charge in [-0.3, -0.25) is 4.79 Å². The maximum absolute atomic E-state index is 12.7. The van der Waals surface area contributed by atoms with E-state index in [1.54, 1.807) is 11.3 Å². The van der Waals surface area contributed by atoms with E-state index in [0.717, 1.165) is 25.1 Å². The molecule has 0 fully saturated rings. The summed E-state index contributed by atoms with van der Waals surface area (Å²) in [6, 6.07) is 11.7. The molecule has 0 aliphatic carbocycles. The topological polar surface area (TPSA) is 46.3 Å². The first-order valence-corrected chi connectivity index (χ1v) is 8.19. The zero-order valence-electron chi connectivity index (χ0n) is 12.6. The van der Waals surface area contributed by atoms with Crippen LogP contribution in [0.4, 0.5) is 0 Å². The summed E-state index contributed by atoms with van der Waals surface area (Å²) in [4.78, 5) is 16.1. The Bertz CT molecular complexity index is 629. The minimum Gasteiger partial charge on any atom is -0.338 e. The number of nitrogens with two attached hydrogens (primary N) is 1. The van der Waals surface area contributed by atoms with Crippen LogP contribution in [-0.4, -0.2) is 17.4 Å². The number of carbonyl (C=O) groups is 1. The Hall–Kier alpha value is -1.36. The first-order valence-electron chi connectivity index (χ1n) is 7.31. The molecule has 1 amide bonds. The minimum atomic E-state index is -0.248. The van der Waals surface area contributed by atoms with Crippen molar-refractivity contribution in [3.63, 3.8) is 0 Å². The van der Waals surface area contributed by atoms with Crippen LogP contribution in [0.25, 0.3) is 0 Å². The van der Waals surface area contributed by atoms with Crippen LogP contribution >= 0.6 is 23.7 Å². The number of hydrogen-bond donors (Lipinski definition) is 1. The Morgan fingerprint density at radius 1 is 1.27 bits per heavy atom. The van der Waals surface area contributed by atoms with Crippen molar-refractivity contribution in [2.45, 2.75) is 25.9 Å². The molecule has 1 aromatic heterocycles. The molecule has 2 unspecified atom stereocenters. The molecule has 3 rings (SSSR count). The number of rotatable bonds is 3.